The normalized spacial score (nSPS) is 13.9. The van der Waals surface area contributed by atoms with E-state index in [9.17, 15) is 9.50 Å². The number of halogens is 2. The lowest BCUT2D eigenvalue weighted by Gasteiger charge is -2.29. The Morgan fingerprint density at radius 3 is 2.38 bits per heavy atom. The average molecular weight is 289 g/mol. The van der Waals surface area contributed by atoms with Crippen molar-refractivity contribution in [3.05, 3.63) is 34.1 Å². The van der Waals surface area contributed by atoms with Gasteiger partial charge in [-0.05, 0) is 41.5 Å². The Labute approximate surface area is 105 Å². The SMILES string of the molecule is CC(C)(C)C(CO)Cc1cc(F)cc(Br)c1. The van der Waals surface area contributed by atoms with E-state index in [-0.39, 0.29) is 23.8 Å². The molecular weight excluding hydrogens is 271 g/mol. The van der Waals surface area contributed by atoms with Crippen molar-refractivity contribution in [1.29, 1.82) is 0 Å². The first-order valence-corrected chi connectivity index (χ1v) is 6.18. The second-order valence-electron chi connectivity index (χ2n) is 5.23. The quantitative estimate of drug-likeness (QED) is 0.897. The maximum absolute atomic E-state index is 13.2. The second-order valence-corrected chi connectivity index (χ2v) is 6.14. The van der Waals surface area contributed by atoms with E-state index in [2.05, 4.69) is 36.7 Å². The Morgan fingerprint density at radius 1 is 1.31 bits per heavy atom. The molecule has 0 fully saturated rings. The van der Waals surface area contributed by atoms with E-state index in [1.165, 1.54) is 12.1 Å². The van der Waals surface area contributed by atoms with Gasteiger partial charge in [0.25, 0.3) is 0 Å². The summed E-state index contributed by atoms with van der Waals surface area (Å²) >= 11 is 3.27. The molecule has 1 aromatic rings. The van der Waals surface area contributed by atoms with Crippen molar-refractivity contribution < 1.29 is 9.50 Å². The molecule has 0 radical (unpaired) electrons. The third-order valence-corrected chi connectivity index (χ3v) is 3.31. The lowest BCUT2D eigenvalue weighted by molar-refractivity contribution is 0.131. The fourth-order valence-electron chi connectivity index (χ4n) is 1.66. The minimum atomic E-state index is -0.241. The molecule has 1 nitrogen and oxygen atoms in total. The van der Waals surface area contributed by atoms with Crippen molar-refractivity contribution in [2.75, 3.05) is 6.61 Å². The maximum Gasteiger partial charge on any atom is 0.124 e. The molecule has 1 unspecified atom stereocenters. The molecule has 90 valence electrons. The topological polar surface area (TPSA) is 20.2 Å². The first-order valence-electron chi connectivity index (χ1n) is 5.38. The van der Waals surface area contributed by atoms with E-state index < -0.39 is 0 Å². The molecule has 0 saturated heterocycles. The highest BCUT2D eigenvalue weighted by Gasteiger charge is 2.24. The van der Waals surface area contributed by atoms with Crippen molar-refractivity contribution in [2.24, 2.45) is 11.3 Å². The molecule has 1 N–H and O–H groups in total. The van der Waals surface area contributed by atoms with Crippen LogP contribution in [0, 0.1) is 17.2 Å². The minimum Gasteiger partial charge on any atom is -0.396 e. The van der Waals surface area contributed by atoms with Gasteiger partial charge < -0.3 is 5.11 Å². The van der Waals surface area contributed by atoms with Crippen LogP contribution in [0.4, 0.5) is 4.39 Å². The Balaban J connectivity index is 2.86. The second kappa shape index (κ2) is 5.28. The summed E-state index contributed by atoms with van der Waals surface area (Å²) < 4.78 is 13.9. The summed E-state index contributed by atoms with van der Waals surface area (Å²) in [5, 5.41) is 9.36. The zero-order chi connectivity index (χ0) is 12.3. The van der Waals surface area contributed by atoms with Crippen molar-refractivity contribution >= 4 is 15.9 Å². The Bertz CT molecular complexity index is 337. The summed E-state index contributed by atoms with van der Waals surface area (Å²) in [5.41, 5.74) is 0.939. The summed E-state index contributed by atoms with van der Waals surface area (Å²) in [4.78, 5) is 0. The smallest absolute Gasteiger partial charge is 0.124 e. The number of aliphatic hydroxyl groups excluding tert-OH is 1. The van der Waals surface area contributed by atoms with E-state index in [4.69, 9.17) is 0 Å². The zero-order valence-corrected chi connectivity index (χ0v) is 11.5. The summed E-state index contributed by atoms with van der Waals surface area (Å²) in [7, 11) is 0. The van der Waals surface area contributed by atoms with Gasteiger partial charge in [0.2, 0.25) is 0 Å². The van der Waals surface area contributed by atoms with Crippen LogP contribution < -0.4 is 0 Å². The molecular formula is C13H18BrFO. The number of benzene rings is 1. The molecule has 1 atom stereocenters. The fourth-order valence-corrected chi connectivity index (χ4v) is 2.17. The van der Waals surface area contributed by atoms with Crippen molar-refractivity contribution in [3.8, 4) is 0 Å². The van der Waals surface area contributed by atoms with Crippen molar-refractivity contribution in [1.82, 2.24) is 0 Å². The molecule has 0 heterocycles. The third kappa shape index (κ3) is 3.87. The molecule has 16 heavy (non-hydrogen) atoms. The van der Waals surface area contributed by atoms with Gasteiger partial charge in [-0.15, -0.1) is 0 Å². The summed E-state index contributed by atoms with van der Waals surface area (Å²) in [6.07, 6.45) is 0.691. The van der Waals surface area contributed by atoms with Crippen molar-refractivity contribution in [2.45, 2.75) is 27.2 Å². The summed E-state index contributed by atoms with van der Waals surface area (Å²) in [5.74, 6) is -0.101. The number of hydrogen-bond donors (Lipinski definition) is 1. The van der Waals surface area contributed by atoms with Crippen LogP contribution >= 0.6 is 15.9 Å². The van der Waals surface area contributed by atoms with Crippen LogP contribution in [-0.4, -0.2) is 11.7 Å². The Morgan fingerprint density at radius 2 is 1.94 bits per heavy atom. The van der Waals surface area contributed by atoms with Gasteiger partial charge in [-0.25, -0.2) is 4.39 Å². The lowest BCUT2D eigenvalue weighted by atomic mass is 9.78. The minimum absolute atomic E-state index is 0.0214. The van der Waals surface area contributed by atoms with Crippen LogP contribution in [-0.2, 0) is 6.42 Å². The van der Waals surface area contributed by atoms with Crippen LogP contribution in [0.5, 0.6) is 0 Å². The number of aliphatic hydroxyl groups is 1. The zero-order valence-electron chi connectivity index (χ0n) is 9.93. The van der Waals surface area contributed by atoms with Crippen LogP contribution in [0.2, 0.25) is 0 Å². The molecule has 0 aliphatic rings. The average Bonchev–Trinajstić information content (AvgIpc) is 2.10. The van der Waals surface area contributed by atoms with Crippen LogP contribution in [0.15, 0.2) is 22.7 Å². The Hall–Kier alpha value is -0.410. The van der Waals surface area contributed by atoms with Crippen molar-refractivity contribution in [3.63, 3.8) is 0 Å². The summed E-state index contributed by atoms with van der Waals surface area (Å²) in [6, 6.07) is 4.87. The standard InChI is InChI=1S/C13H18BrFO/c1-13(2,3)10(8-16)4-9-5-11(14)7-12(15)6-9/h5-7,10,16H,4,8H2,1-3H3. The predicted molar refractivity (Wildman–Crippen MR) is 67.8 cm³/mol. The molecule has 1 aromatic carbocycles. The fraction of sp³-hybridized carbons (Fsp3) is 0.538. The molecule has 0 aromatic heterocycles. The lowest BCUT2D eigenvalue weighted by Crippen LogP contribution is -2.26. The van der Waals surface area contributed by atoms with Gasteiger partial charge in [0.15, 0.2) is 0 Å². The number of hydrogen-bond acceptors (Lipinski definition) is 1. The first-order chi connectivity index (χ1) is 7.32. The van der Waals surface area contributed by atoms with Crippen LogP contribution in [0.1, 0.15) is 26.3 Å². The molecule has 3 heteroatoms. The van der Waals surface area contributed by atoms with E-state index in [1.807, 2.05) is 6.07 Å². The van der Waals surface area contributed by atoms with Gasteiger partial charge in [-0.1, -0.05) is 36.7 Å². The monoisotopic (exact) mass is 288 g/mol. The number of rotatable bonds is 3. The highest BCUT2D eigenvalue weighted by atomic mass is 79.9. The molecule has 0 aliphatic carbocycles. The Kier molecular flexibility index (Phi) is 4.51. The van der Waals surface area contributed by atoms with E-state index in [0.29, 0.717) is 6.42 Å². The van der Waals surface area contributed by atoms with E-state index in [1.54, 1.807) is 0 Å². The van der Waals surface area contributed by atoms with E-state index in [0.717, 1.165) is 10.0 Å². The highest BCUT2D eigenvalue weighted by Crippen LogP contribution is 2.29. The molecule has 0 bridgehead atoms. The molecule has 0 amide bonds. The van der Waals surface area contributed by atoms with Crippen LogP contribution in [0.3, 0.4) is 0 Å². The van der Waals surface area contributed by atoms with Gasteiger partial charge in [0.1, 0.15) is 5.82 Å². The van der Waals surface area contributed by atoms with Gasteiger partial charge in [-0.2, -0.15) is 0 Å². The highest BCUT2D eigenvalue weighted by molar-refractivity contribution is 9.10. The predicted octanol–water partition coefficient (Wildman–Crippen LogP) is 3.79. The molecule has 0 spiro atoms. The van der Waals surface area contributed by atoms with Crippen LogP contribution in [0.25, 0.3) is 0 Å². The van der Waals surface area contributed by atoms with Gasteiger partial charge in [0.05, 0.1) is 0 Å². The van der Waals surface area contributed by atoms with Gasteiger partial charge in [-0.3, -0.25) is 0 Å². The largest absolute Gasteiger partial charge is 0.396 e. The summed E-state index contributed by atoms with van der Waals surface area (Å²) in [6.45, 7) is 6.38. The molecule has 0 saturated carbocycles. The maximum atomic E-state index is 13.2. The molecule has 1 rings (SSSR count). The third-order valence-electron chi connectivity index (χ3n) is 2.85. The van der Waals surface area contributed by atoms with E-state index >= 15 is 0 Å². The van der Waals surface area contributed by atoms with Gasteiger partial charge >= 0.3 is 0 Å². The first kappa shape index (κ1) is 13.7. The molecule has 0 aliphatic heterocycles. The van der Waals surface area contributed by atoms with Gasteiger partial charge in [0, 0.05) is 11.1 Å².